The van der Waals surface area contributed by atoms with Gasteiger partial charge in [-0.3, -0.25) is 0 Å². The van der Waals surface area contributed by atoms with E-state index in [1.807, 2.05) is 13.8 Å². The Morgan fingerprint density at radius 3 is 1.89 bits per heavy atom. The van der Waals surface area contributed by atoms with Gasteiger partial charge < -0.3 is 3.83 Å². The van der Waals surface area contributed by atoms with Crippen LogP contribution in [0.2, 0.25) is 0 Å². The molecule has 0 aromatic carbocycles. The van der Waals surface area contributed by atoms with E-state index in [-0.39, 0.29) is 0 Å². The summed E-state index contributed by atoms with van der Waals surface area (Å²) in [6, 6.07) is 0. The topological polar surface area (TPSA) is 26.3 Å². The number of hydrogen-bond donors (Lipinski definition) is 0. The fraction of sp³-hybridized carbons (Fsp3) is 0.750. The van der Waals surface area contributed by atoms with Crippen molar-refractivity contribution >= 4 is 22.2 Å². The highest BCUT2D eigenvalue weighted by Gasteiger charge is 2.14. The van der Waals surface area contributed by atoms with Crippen LogP contribution in [0.4, 0.5) is 8.78 Å². The van der Waals surface area contributed by atoms with E-state index in [4.69, 9.17) is 0 Å². The largest absolute Gasteiger partial charge is 0.385 e. The molecule has 0 aromatic heterocycles. The zero-order chi connectivity index (χ0) is 7.86. The van der Waals surface area contributed by atoms with Gasteiger partial charge in [-0.05, 0) is 0 Å². The van der Waals surface area contributed by atoms with E-state index in [0.29, 0.717) is 0 Å². The predicted molar refractivity (Wildman–Crippen MR) is 32.4 cm³/mol. The summed E-state index contributed by atoms with van der Waals surface area (Å²) in [4.78, 5) is 9.49. The minimum atomic E-state index is -3.04. The van der Waals surface area contributed by atoms with E-state index in [2.05, 4.69) is 20.1 Å². The lowest BCUT2D eigenvalue weighted by atomic mass is 10.7. The van der Waals surface area contributed by atoms with Crippen molar-refractivity contribution in [2.45, 2.75) is 20.3 Å². The van der Waals surface area contributed by atoms with Crippen LogP contribution >= 0.6 is 16.3 Å². The second kappa shape index (κ2) is 7.81. The first-order valence-electron chi connectivity index (χ1n) is 2.29. The molecule has 0 atom stereocenters. The van der Waals surface area contributed by atoms with E-state index < -0.39 is 12.4 Å². The Kier molecular flexibility index (Phi) is 10.1. The van der Waals surface area contributed by atoms with Gasteiger partial charge >= 0.3 is 12.4 Å². The van der Waals surface area contributed by atoms with Crippen molar-refractivity contribution in [1.82, 2.24) is 0 Å². The number of hydrogen-bond acceptors (Lipinski definition) is 2. The molecule has 0 aliphatic heterocycles. The maximum Gasteiger partial charge on any atom is 0.385 e. The van der Waals surface area contributed by atoms with Gasteiger partial charge in [0.05, 0.1) is 0 Å². The maximum atomic E-state index is 10.9. The van der Waals surface area contributed by atoms with Crippen LogP contribution < -0.4 is 0 Å². The lowest BCUT2D eigenvalue weighted by Crippen LogP contribution is -2.07. The van der Waals surface area contributed by atoms with Gasteiger partial charge in [0.15, 0.2) is 16.3 Å². The summed E-state index contributed by atoms with van der Waals surface area (Å²) in [5.41, 5.74) is 0. The number of alkyl halides is 2. The van der Waals surface area contributed by atoms with Crippen LogP contribution in [0.5, 0.6) is 0 Å². The highest BCUT2D eigenvalue weighted by atomic mass is 79.9. The van der Waals surface area contributed by atoms with E-state index in [1.54, 1.807) is 0 Å². The normalized spacial score (nSPS) is 7.78. The smallest absolute Gasteiger partial charge is 0.379 e. The van der Waals surface area contributed by atoms with Crippen molar-refractivity contribution in [3.05, 3.63) is 0 Å². The zero-order valence-electron chi connectivity index (χ0n) is 5.03. The fourth-order valence-electron chi connectivity index (χ4n) is 0.0337. The maximum absolute atomic E-state index is 10.9. The van der Waals surface area contributed by atoms with Gasteiger partial charge in [-0.2, -0.15) is 8.78 Å². The first-order chi connectivity index (χ1) is 4.18. The molecule has 0 spiro atoms. The van der Waals surface area contributed by atoms with Gasteiger partial charge in [0.2, 0.25) is 0 Å². The van der Waals surface area contributed by atoms with Crippen LogP contribution in [-0.2, 0) is 8.62 Å². The third-order valence-electron chi connectivity index (χ3n) is 0.254. The quantitative estimate of drug-likeness (QED) is 0.655. The molecule has 56 valence electrons. The van der Waals surface area contributed by atoms with Crippen molar-refractivity contribution in [2.75, 3.05) is 0 Å². The average Bonchev–Trinajstić information content (AvgIpc) is 1.91. The number of carbonyl (C=O) groups excluding carboxylic acids is 1. The van der Waals surface area contributed by atoms with Crippen molar-refractivity contribution in [3.63, 3.8) is 0 Å². The summed E-state index contributed by atoms with van der Waals surface area (Å²) >= 11 is 2.09. The molecule has 0 aromatic rings. The third-order valence-corrected chi connectivity index (χ3v) is 0.573. The highest BCUT2D eigenvalue weighted by Crippen LogP contribution is 1.97. The first kappa shape index (κ1) is 11.6. The lowest BCUT2D eigenvalue weighted by molar-refractivity contribution is -0.144. The van der Waals surface area contributed by atoms with Crippen LogP contribution in [0.15, 0.2) is 0 Å². The Balaban J connectivity index is 0. The zero-order valence-corrected chi connectivity index (χ0v) is 6.61. The van der Waals surface area contributed by atoms with Crippen LogP contribution in [0.25, 0.3) is 0 Å². The van der Waals surface area contributed by atoms with E-state index >= 15 is 0 Å². The summed E-state index contributed by atoms with van der Waals surface area (Å²) in [5.74, 6) is -1.57. The van der Waals surface area contributed by atoms with Gasteiger partial charge in [0.25, 0.3) is 0 Å². The Morgan fingerprint density at radius 2 is 1.89 bits per heavy atom. The molecule has 5 heteroatoms. The van der Waals surface area contributed by atoms with Crippen molar-refractivity contribution < 1.29 is 17.4 Å². The molecule has 0 aliphatic carbocycles. The van der Waals surface area contributed by atoms with Gasteiger partial charge in [-0.1, -0.05) is 13.8 Å². The summed E-state index contributed by atoms with van der Waals surface area (Å²) in [5, 5.41) is 0. The monoisotopic (exact) mass is 204 g/mol. The Labute approximate surface area is 60.6 Å². The van der Waals surface area contributed by atoms with Crippen LogP contribution in [0.1, 0.15) is 13.8 Å². The standard InChI is InChI=1S/C2HBrF2O2.C2H6/c3-7-2(6)1(4)5;1-2/h1H;1-2H3. The summed E-state index contributed by atoms with van der Waals surface area (Å²) in [6.07, 6.45) is -3.04. The Morgan fingerprint density at radius 1 is 1.56 bits per heavy atom. The number of halogens is 3. The van der Waals surface area contributed by atoms with Crippen molar-refractivity contribution in [2.24, 2.45) is 0 Å². The molecule has 0 fully saturated rings. The van der Waals surface area contributed by atoms with Crippen molar-refractivity contribution in [1.29, 1.82) is 0 Å². The average molecular weight is 205 g/mol. The minimum absolute atomic E-state index is 1.57. The molecule has 9 heavy (non-hydrogen) atoms. The molecular formula is C4H7BrF2O2. The molecule has 0 bridgehead atoms. The SMILES string of the molecule is CC.O=C(OBr)C(F)F. The van der Waals surface area contributed by atoms with E-state index in [9.17, 15) is 13.6 Å². The Bertz CT molecular complexity index is 77.0. The molecule has 0 amide bonds. The summed E-state index contributed by atoms with van der Waals surface area (Å²) in [7, 11) is 0. The van der Waals surface area contributed by atoms with Crippen molar-refractivity contribution in [3.8, 4) is 0 Å². The molecule has 0 radical (unpaired) electrons. The molecule has 0 saturated heterocycles. The minimum Gasteiger partial charge on any atom is -0.379 e. The van der Waals surface area contributed by atoms with Gasteiger partial charge in [-0.25, -0.2) is 4.79 Å². The van der Waals surface area contributed by atoms with Gasteiger partial charge in [0.1, 0.15) is 0 Å². The third kappa shape index (κ3) is 7.81. The summed E-state index contributed by atoms with van der Waals surface area (Å²) in [6.45, 7) is 4.00. The molecular weight excluding hydrogens is 198 g/mol. The second-order valence-electron chi connectivity index (χ2n) is 0.697. The van der Waals surface area contributed by atoms with Crippen LogP contribution in [0.3, 0.4) is 0 Å². The predicted octanol–water partition coefficient (Wildman–Crippen LogP) is 2.13. The second-order valence-corrected chi connectivity index (χ2v) is 1.02. The van der Waals surface area contributed by atoms with E-state index in [1.165, 1.54) is 0 Å². The van der Waals surface area contributed by atoms with E-state index in [0.717, 1.165) is 0 Å². The molecule has 0 N–H and O–H groups in total. The summed E-state index contributed by atoms with van der Waals surface area (Å²) < 4.78 is 25.3. The van der Waals surface area contributed by atoms with Gasteiger partial charge in [-0.15, -0.1) is 0 Å². The molecule has 0 unspecified atom stereocenters. The van der Waals surface area contributed by atoms with Crippen LogP contribution in [0, 0.1) is 0 Å². The molecule has 0 aliphatic rings. The molecule has 0 heterocycles. The molecule has 2 nitrogen and oxygen atoms in total. The molecule has 0 rings (SSSR count). The highest BCUT2D eigenvalue weighted by molar-refractivity contribution is 9.06. The van der Waals surface area contributed by atoms with Gasteiger partial charge in [0, 0.05) is 0 Å². The fourth-order valence-corrected chi connectivity index (χ4v) is 0.175. The molecule has 0 saturated carbocycles. The number of carbonyl (C=O) groups is 1. The Hall–Kier alpha value is -0.190. The number of rotatable bonds is 1. The van der Waals surface area contributed by atoms with Crippen LogP contribution in [-0.4, -0.2) is 12.4 Å². The first-order valence-corrected chi connectivity index (χ1v) is 2.94. The lowest BCUT2D eigenvalue weighted by Gasteiger charge is -1.88.